The van der Waals surface area contributed by atoms with Gasteiger partial charge in [-0.05, 0) is 45.8 Å². The van der Waals surface area contributed by atoms with Gasteiger partial charge in [-0.2, -0.15) is 0 Å². The van der Waals surface area contributed by atoms with Crippen molar-refractivity contribution in [1.29, 1.82) is 0 Å². The smallest absolute Gasteiger partial charge is 0.162 e. The van der Waals surface area contributed by atoms with E-state index in [1.165, 1.54) is 0 Å². The van der Waals surface area contributed by atoms with Gasteiger partial charge in [0.05, 0.1) is 0 Å². The van der Waals surface area contributed by atoms with Crippen LogP contribution in [0.5, 0.6) is 11.5 Å². The normalized spacial score (nSPS) is 11.1. The first-order valence-electron chi connectivity index (χ1n) is 10.0. The number of ketones is 2. The summed E-state index contributed by atoms with van der Waals surface area (Å²) < 4.78 is 0. The van der Waals surface area contributed by atoms with Gasteiger partial charge in [-0.25, -0.2) is 0 Å². The maximum absolute atomic E-state index is 12.1. The van der Waals surface area contributed by atoms with E-state index in [1.54, 1.807) is 48.5 Å². The minimum absolute atomic E-state index is 0.0357. The average Bonchev–Trinajstić information content (AvgIpc) is 2.78. The maximum atomic E-state index is 12.1. The highest BCUT2D eigenvalue weighted by atomic mass is 16.3. The van der Waals surface area contributed by atoms with Gasteiger partial charge in [0.1, 0.15) is 11.5 Å². The molecule has 4 aromatic rings. The zero-order chi connectivity index (χ0) is 21.4. The second kappa shape index (κ2) is 7.64. The van der Waals surface area contributed by atoms with Crippen LogP contribution in [-0.4, -0.2) is 21.8 Å². The van der Waals surface area contributed by atoms with Crippen LogP contribution < -0.4 is 0 Å². The molecule has 0 saturated carbocycles. The lowest BCUT2D eigenvalue weighted by Gasteiger charge is -2.15. The topological polar surface area (TPSA) is 74.6 Å². The number of hydrogen-bond acceptors (Lipinski definition) is 4. The van der Waals surface area contributed by atoms with Crippen LogP contribution in [0.25, 0.3) is 32.7 Å². The minimum Gasteiger partial charge on any atom is -0.507 e. The fourth-order valence-corrected chi connectivity index (χ4v) is 3.92. The Morgan fingerprint density at radius 3 is 1.40 bits per heavy atom. The second-order valence-corrected chi connectivity index (χ2v) is 7.34. The van der Waals surface area contributed by atoms with Crippen molar-refractivity contribution >= 4 is 33.1 Å². The van der Waals surface area contributed by atoms with E-state index >= 15 is 0 Å². The number of phenols is 2. The highest BCUT2D eigenvalue weighted by molar-refractivity contribution is 6.12. The van der Waals surface area contributed by atoms with Gasteiger partial charge in [-0.3, -0.25) is 9.59 Å². The summed E-state index contributed by atoms with van der Waals surface area (Å²) in [6.45, 7) is 3.64. The van der Waals surface area contributed by atoms with Crippen LogP contribution in [0.1, 0.15) is 47.4 Å². The monoisotopic (exact) mass is 398 g/mol. The van der Waals surface area contributed by atoms with Crippen molar-refractivity contribution in [3.8, 4) is 22.6 Å². The molecule has 0 bridgehead atoms. The van der Waals surface area contributed by atoms with Crippen LogP contribution >= 0.6 is 0 Å². The third-order valence-corrected chi connectivity index (χ3v) is 5.53. The van der Waals surface area contributed by atoms with Crippen LogP contribution in [0.15, 0.2) is 60.7 Å². The van der Waals surface area contributed by atoms with E-state index in [0.29, 0.717) is 35.1 Å². The van der Waals surface area contributed by atoms with E-state index in [9.17, 15) is 19.8 Å². The number of rotatable bonds is 5. The molecule has 0 aromatic heterocycles. The number of benzene rings is 4. The van der Waals surface area contributed by atoms with Gasteiger partial charge < -0.3 is 10.2 Å². The SMILES string of the molecule is CCC(=O)c1ccc2c(-c3c(O)ccc4cc(C(=O)CC)ccc34)c(O)ccc2c1. The Morgan fingerprint density at radius 1 is 0.633 bits per heavy atom. The Balaban J connectivity index is 2.01. The molecule has 0 amide bonds. The molecule has 0 atom stereocenters. The molecule has 0 saturated heterocycles. The third kappa shape index (κ3) is 3.20. The molecule has 0 aliphatic heterocycles. The quantitative estimate of drug-likeness (QED) is 0.389. The number of aromatic hydroxyl groups is 2. The molecule has 0 fully saturated rings. The number of phenolic OH excluding ortho intramolecular Hbond substituents is 2. The van der Waals surface area contributed by atoms with E-state index < -0.39 is 0 Å². The molecular formula is C26H22O4. The van der Waals surface area contributed by atoms with E-state index in [4.69, 9.17) is 0 Å². The number of Topliss-reactive ketones (excluding diaryl/α,β-unsaturated/α-hetero) is 2. The van der Waals surface area contributed by atoms with Crippen LogP contribution in [0.3, 0.4) is 0 Å². The number of carbonyl (C=O) groups excluding carboxylic acids is 2. The lowest BCUT2D eigenvalue weighted by Crippen LogP contribution is -1.97. The third-order valence-electron chi connectivity index (χ3n) is 5.53. The van der Waals surface area contributed by atoms with Crippen molar-refractivity contribution in [1.82, 2.24) is 0 Å². The van der Waals surface area contributed by atoms with Gasteiger partial charge in [0.25, 0.3) is 0 Å². The molecule has 0 spiro atoms. The molecule has 0 aliphatic carbocycles. The van der Waals surface area contributed by atoms with Crippen molar-refractivity contribution in [3.05, 3.63) is 71.8 Å². The summed E-state index contributed by atoms with van der Waals surface area (Å²) in [5.74, 6) is 0.169. The molecule has 0 radical (unpaired) electrons. The zero-order valence-electron chi connectivity index (χ0n) is 16.9. The lowest BCUT2D eigenvalue weighted by molar-refractivity contribution is 0.0980. The standard InChI is InChI=1S/C26H22O4/c1-3-21(27)17-5-9-19-15(13-17)7-11-23(29)25(19)26-20-10-6-18(22(28)4-2)14-16(20)8-12-24(26)30/h5-14,29-30H,3-4H2,1-2H3. The molecule has 30 heavy (non-hydrogen) atoms. The Hall–Kier alpha value is -3.66. The Bertz CT molecular complexity index is 1210. The van der Waals surface area contributed by atoms with E-state index in [-0.39, 0.29) is 23.1 Å². The zero-order valence-corrected chi connectivity index (χ0v) is 16.9. The lowest BCUT2D eigenvalue weighted by atomic mass is 9.90. The predicted octanol–water partition coefficient (Wildman–Crippen LogP) is 6.26. The maximum Gasteiger partial charge on any atom is 0.162 e. The molecule has 150 valence electrons. The van der Waals surface area contributed by atoms with Crippen molar-refractivity contribution in [2.75, 3.05) is 0 Å². The van der Waals surface area contributed by atoms with Gasteiger partial charge in [-0.15, -0.1) is 0 Å². The van der Waals surface area contributed by atoms with E-state index in [0.717, 1.165) is 21.5 Å². The molecule has 0 aliphatic rings. The van der Waals surface area contributed by atoms with Gasteiger partial charge >= 0.3 is 0 Å². The first-order chi connectivity index (χ1) is 14.4. The largest absolute Gasteiger partial charge is 0.507 e. The van der Waals surface area contributed by atoms with Crippen molar-refractivity contribution in [3.63, 3.8) is 0 Å². The van der Waals surface area contributed by atoms with Crippen LogP contribution in [-0.2, 0) is 0 Å². The second-order valence-electron chi connectivity index (χ2n) is 7.34. The fourth-order valence-electron chi connectivity index (χ4n) is 3.92. The summed E-state index contributed by atoms with van der Waals surface area (Å²) in [6, 6.07) is 17.4. The molecule has 0 heterocycles. The van der Waals surface area contributed by atoms with E-state index in [1.807, 2.05) is 26.0 Å². The molecule has 2 N–H and O–H groups in total. The minimum atomic E-state index is 0.0357. The fraction of sp³-hybridized carbons (Fsp3) is 0.154. The Morgan fingerprint density at radius 2 is 1.03 bits per heavy atom. The van der Waals surface area contributed by atoms with E-state index in [2.05, 4.69) is 0 Å². The molecule has 4 heteroatoms. The number of carbonyl (C=O) groups is 2. The van der Waals surface area contributed by atoms with Gasteiger partial charge in [0, 0.05) is 35.1 Å². The van der Waals surface area contributed by atoms with Gasteiger partial charge in [-0.1, -0.05) is 50.2 Å². The summed E-state index contributed by atoms with van der Waals surface area (Å²) >= 11 is 0. The molecule has 0 unspecified atom stereocenters. The van der Waals surface area contributed by atoms with Crippen LogP contribution in [0.2, 0.25) is 0 Å². The Labute approximate surface area is 174 Å². The van der Waals surface area contributed by atoms with Crippen molar-refractivity contribution < 1.29 is 19.8 Å². The van der Waals surface area contributed by atoms with Crippen molar-refractivity contribution in [2.45, 2.75) is 26.7 Å². The van der Waals surface area contributed by atoms with Gasteiger partial charge in [0.2, 0.25) is 0 Å². The molecule has 4 rings (SSSR count). The highest BCUT2D eigenvalue weighted by Crippen LogP contribution is 2.44. The molecule has 4 nitrogen and oxygen atoms in total. The molecule has 4 aromatic carbocycles. The summed E-state index contributed by atoms with van der Waals surface area (Å²) in [4.78, 5) is 24.2. The highest BCUT2D eigenvalue weighted by Gasteiger charge is 2.18. The average molecular weight is 398 g/mol. The summed E-state index contributed by atoms with van der Waals surface area (Å²) in [5.41, 5.74) is 2.24. The number of hydrogen-bond donors (Lipinski definition) is 2. The van der Waals surface area contributed by atoms with Gasteiger partial charge in [0.15, 0.2) is 11.6 Å². The molecular weight excluding hydrogens is 376 g/mol. The first kappa shape index (κ1) is 19.6. The van der Waals surface area contributed by atoms with Crippen LogP contribution in [0.4, 0.5) is 0 Å². The van der Waals surface area contributed by atoms with Crippen LogP contribution in [0, 0.1) is 0 Å². The predicted molar refractivity (Wildman–Crippen MR) is 119 cm³/mol. The number of fused-ring (bicyclic) bond motifs is 2. The Kier molecular flexibility index (Phi) is 5.00. The van der Waals surface area contributed by atoms with Crippen molar-refractivity contribution in [2.24, 2.45) is 0 Å². The summed E-state index contributed by atoms with van der Waals surface area (Å²) in [6.07, 6.45) is 0.832. The summed E-state index contributed by atoms with van der Waals surface area (Å²) in [7, 11) is 0. The first-order valence-corrected chi connectivity index (χ1v) is 10.0. The summed E-state index contributed by atoms with van der Waals surface area (Å²) in [5, 5.41) is 24.5.